The summed E-state index contributed by atoms with van der Waals surface area (Å²) in [5.74, 6) is 0.659. The molecule has 0 aliphatic heterocycles. The Kier molecular flexibility index (Phi) is 14.5. The van der Waals surface area contributed by atoms with Gasteiger partial charge in [-0.3, -0.25) is 0 Å². The van der Waals surface area contributed by atoms with Crippen LogP contribution in [0.4, 0.5) is 0 Å². The van der Waals surface area contributed by atoms with Gasteiger partial charge in [0.1, 0.15) is 0 Å². The second kappa shape index (κ2) is 9.51. The average Bonchev–Trinajstić information content (AvgIpc) is 1.90. The van der Waals surface area contributed by atoms with Gasteiger partial charge in [0.25, 0.3) is 0 Å². The Hall–Kier alpha value is 0.423. The summed E-state index contributed by atoms with van der Waals surface area (Å²) in [5.41, 5.74) is 1.41. The molecule has 1 rings (SSSR count). The molecule has 0 fully saturated rings. The van der Waals surface area contributed by atoms with Crippen molar-refractivity contribution in [2.45, 2.75) is 19.8 Å². The van der Waals surface area contributed by atoms with E-state index in [0.717, 1.165) is 0 Å². The Bertz CT molecular complexity index is 175. The molecule has 0 amide bonds. The Morgan fingerprint density at radius 3 is 1.58 bits per heavy atom. The summed E-state index contributed by atoms with van der Waals surface area (Å²) in [6.45, 7) is 4.41. The zero-order valence-corrected chi connectivity index (χ0v) is 10.3. The van der Waals surface area contributed by atoms with Crippen LogP contribution in [0.2, 0.25) is 0 Å². The summed E-state index contributed by atoms with van der Waals surface area (Å²) < 4.78 is 0. The fraction of sp³-hybridized carbons (Fsp3) is 0.333. The monoisotopic (exact) mass is 292 g/mol. The molecule has 0 saturated heterocycles. The number of halogens is 2. The predicted octanol–water partition coefficient (Wildman–Crippen LogP) is -3.18. The third kappa shape index (κ3) is 6.00. The summed E-state index contributed by atoms with van der Waals surface area (Å²) in [5, 5.41) is 0. The van der Waals surface area contributed by atoms with Crippen LogP contribution in [0.3, 0.4) is 0 Å². The van der Waals surface area contributed by atoms with E-state index in [0.29, 0.717) is 5.92 Å². The Morgan fingerprint density at radius 1 is 0.917 bits per heavy atom. The molecule has 0 nitrogen and oxygen atoms in total. The number of rotatable bonds is 1. The van der Waals surface area contributed by atoms with Gasteiger partial charge in [-0.2, -0.15) is 0 Å². The minimum atomic E-state index is 0. The van der Waals surface area contributed by atoms with E-state index < -0.39 is 0 Å². The van der Waals surface area contributed by atoms with Gasteiger partial charge in [-0.25, -0.2) is 0 Å². The van der Waals surface area contributed by atoms with Crippen LogP contribution in [-0.4, -0.2) is 0 Å². The first-order chi connectivity index (χ1) is 4.30. The number of hydrogen-bond donors (Lipinski definition) is 0. The molecule has 0 unspecified atom stereocenters. The molecule has 0 aliphatic carbocycles. The molecule has 0 N–H and O–H groups in total. The largest absolute Gasteiger partial charge is 2.00 e. The molecule has 3 heteroatoms. The van der Waals surface area contributed by atoms with Gasteiger partial charge in [0.05, 0.1) is 0 Å². The van der Waals surface area contributed by atoms with E-state index in [4.69, 9.17) is 0 Å². The molecule has 0 aliphatic rings. The summed E-state index contributed by atoms with van der Waals surface area (Å²) in [7, 11) is 0. The van der Waals surface area contributed by atoms with E-state index in [9.17, 15) is 0 Å². The van der Waals surface area contributed by atoms with Gasteiger partial charge < -0.3 is 24.8 Å². The van der Waals surface area contributed by atoms with E-state index in [-0.39, 0.29) is 44.3 Å². The Balaban J connectivity index is -0.000000270. The number of benzene rings is 1. The first-order valence-corrected chi connectivity index (χ1v) is 3.35. The van der Waals surface area contributed by atoms with Crippen LogP contribution in [0.1, 0.15) is 25.3 Å². The standard InChI is InChI=1S/C9H12.2ClH.Ru/c1-8(2)9-6-4-3-5-7-9;;;/h3-8H,1-2H3;2*1H;/q;;;+2/p-2. The molecule has 70 valence electrons. The molecule has 0 saturated carbocycles. The van der Waals surface area contributed by atoms with Crippen molar-refractivity contribution in [1.29, 1.82) is 0 Å². The van der Waals surface area contributed by atoms with Gasteiger partial charge in [-0.05, 0) is 11.5 Å². The summed E-state index contributed by atoms with van der Waals surface area (Å²) in [4.78, 5) is 0. The average molecular weight is 292 g/mol. The van der Waals surface area contributed by atoms with Crippen molar-refractivity contribution in [3.05, 3.63) is 35.9 Å². The molecule has 1 aromatic carbocycles. The van der Waals surface area contributed by atoms with Crippen molar-refractivity contribution in [1.82, 2.24) is 0 Å². The van der Waals surface area contributed by atoms with Crippen LogP contribution in [-0.2, 0) is 19.5 Å². The third-order valence-corrected chi connectivity index (χ3v) is 1.47. The van der Waals surface area contributed by atoms with Crippen LogP contribution in [0.5, 0.6) is 0 Å². The predicted molar refractivity (Wildman–Crippen MR) is 40.5 cm³/mol. The van der Waals surface area contributed by atoms with Crippen molar-refractivity contribution >= 4 is 0 Å². The Morgan fingerprint density at radius 2 is 1.33 bits per heavy atom. The van der Waals surface area contributed by atoms with E-state index in [2.05, 4.69) is 38.1 Å². The minimum Gasteiger partial charge on any atom is -1.00 e. The second-order valence-electron chi connectivity index (χ2n) is 2.57. The summed E-state index contributed by atoms with van der Waals surface area (Å²) >= 11 is 0. The van der Waals surface area contributed by atoms with Gasteiger partial charge in [0.2, 0.25) is 0 Å². The fourth-order valence-corrected chi connectivity index (χ4v) is 0.838. The van der Waals surface area contributed by atoms with Crippen molar-refractivity contribution < 1.29 is 44.3 Å². The molecule has 0 spiro atoms. The Labute approximate surface area is 99.7 Å². The van der Waals surface area contributed by atoms with E-state index in [1.807, 2.05) is 6.07 Å². The van der Waals surface area contributed by atoms with Crippen LogP contribution < -0.4 is 24.8 Å². The molecular weight excluding hydrogens is 280 g/mol. The molecule has 12 heavy (non-hydrogen) atoms. The van der Waals surface area contributed by atoms with Gasteiger partial charge in [0, 0.05) is 0 Å². The molecule has 0 bridgehead atoms. The third-order valence-electron chi connectivity index (χ3n) is 1.47. The van der Waals surface area contributed by atoms with Gasteiger partial charge in [0.15, 0.2) is 0 Å². The van der Waals surface area contributed by atoms with Crippen LogP contribution in [0.15, 0.2) is 30.3 Å². The van der Waals surface area contributed by atoms with Crippen molar-refractivity contribution in [2.24, 2.45) is 0 Å². The zero-order valence-electron chi connectivity index (χ0n) is 7.07. The van der Waals surface area contributed by atoms with Crippen LogP contribution in [0, 0.1) is 0 Å². The molecule has 0 radical (unpaired) electrons. The molecule has 1 aromatic rings. The second-order valence-corrected chi connectivity index (χ2v) is 2.57. The van der Waals surface area contributed by atoms with Crippen LogP contribution in [0.25, 0.3) is 0 Å². The number of hydrogen-bond acceptors (Lipinski definition) is 0. The summed E-state index contributed by atoms with van der Waals surface area (Å²) in [6.07, 6.45) is 0. The molecular formula is C9H12Cl2Ru. The first kappa shape index (κ1) is 18.3. The fourth-order valence-electron chi connectivity index (χ4n) is 0.838. The van der Waals surface area contributed by atoms with Crippen LogP contribution >= 0.6 is 0 Å². The van der Waals surface area contributed by atoms with Gasteiger partial charge >= 0.3 is 19.5 Å². The summed E-state index contributed by atoms with van der Waals surface area (Å²) in [6, 6.07) is 10.5. The van der Waals surface area contributed by atoms with Crippen molar-refractivity contribution in [3.63, 3.8) is 0 Å². The van der Waals surface area contributed by atoms with Crippen molar-refractivity contribution in [2.75, 3.05) is 0 Å². The quantitative estimate of drug-likeness (QED) is 0.479. The minimum absolute atomic E-state index is 0. The molecule has 0 aromatic heterocycles. The van der Waals surface area contributed by atoms with E-state index >= 15 is 0 Å². The van der Waals surface area contributed by atoms with E-state index in [1.165, 1.54) is 5.56 Å². The smallest absolute Gasteiger partial charge is 1.00 e. The maximum absolute atomic E-state index is 2.20. The first-order valence-electron chi connectivity index (χ1n) is 3.35. The van der Waals surface area contributed by atoms with Gasteiger partial charge in [-0.1, -0.05) is 44.2 Å². The van der Waals surface area contributed by atoms with E-state index in [1.54, 1.807) is 0 Å². The maximum Gasteiger partial charge on any atom is 2.00 e. The van der Waals surface area contributed by atoms with Gasteiger partial charge in [-0.15, -0.1) is 0 Å². The normalized spacial score (nSPS) is 7.58. The topological polar surface area (TPSA) is 0 Å². The SMILES string of the molecule is CC(C)c1ccccc1.[Cl-].[Cl-].[Ru+2]. The maximum atomic E-state index is 2.20. The van der Waals surface area contributed by atoms with Crippen molar-refractivity contribution in [3.8, 4) is 0 Å². The molecule has 0 heterocycles. The zero-order chi connectivity index (χ0) is 6.69. The molecule has 0 atom stereocenters.